The molecule has 0 N–H and O–H groups in total. The highest BCUT2D eigenvalue weighted by Gasteiger charge is 2.40. The summed E-state index contributed by atoms with van der Waals surface area (Å²) in [5.41, 5.74) is 10.0. The number of amides is 2. The van der Waals surface area contributed by atoms with Gasteiger partial charge in [-0.15, -0.1) is 0 Å². The summed E-state index contributed by atoms with van der Waals surface area (Å²) in [5.74, 6) is 0.189. The normalized spacial score (nSPS) is 18.6. The van der Waals surface area contributed by atoms with E-state index in [1.807, 2.05) is 80.2 Å². The molecule has 0 radical (unpaired) electrons. The predicted molar refractivity (Wildman–Crippen MR) is 277 cm³/mol. The summed E-state index contributed by atoms with van der Waals surface area (Å²) in [7, 11) is 0. The average molecular weight is 1100 g/mol. The third kappa shape index (κ3) is 10.4. The van der Waals surface area contributed by atoms with Gasteiger partial charge in [-0.25, -0.2) is 0 Å². The predicted octanol–water partition coefficient (Wildman–Crippen LogP) is 9.64. The van der Waals surface area contributed by atoms with Crippen molar-refractivity contribution in [1.82, 2.24) is 34.6 Å². The lowest BCUT2D eigenvalue weighted by atomic mass is 9.84. The van der Waals surface area contributed by atoms with Crippen LogP contribution in [-0.2, 0) is 46.1 Å². The van der Waals surface area contributed by atoms with Crippen LogP contribution >= 0.6 is 55.1 Å². The Kier molecular flexibility index (Phi) is 14.6. The van der Waals surface area contributed by atoms with Crippen LogP contribution in [0.1, 0.15) is 95.7 Å². The van der Waals surface area contributed by atoms with Crippen molar-refractivity contribution in [3.05, 3.63) is 190 Å². The van der Waals surface area contributed by atoms with Crippen LogP contribution < -0.4 is 4.73 Å². The first-order valence-corrected chi connectivity index (χ1v) is 25.9. The van der Waals surface area contributed by atoms with Gasteiger partial charge in [0.1, 0.15) is 0 Å². The summed E-state index contributed by atoms with van der Waals surface area (Å²) in [6, 6.07) is 24.3. The molecule has 2 fully saturated rings. The second kappa shape index (κ2) is 20.5. The summed E-state index contributed by atoms with van der Waals surface area (Å²) >= 11 is 19.9. The van der Waals surface area contributed by atoms with E-state index < -0.39 is 10.8 Å². The summed E-state index contributed by atoms with van der Waals surface area (Å²) in [6.45, 7) is 13.4. The highest BCUT2D eigenvalue weighted by molar-refractivity contribution is 9.10. The Morgan fingerprint density at radius 1 is 0.609 bits per heavy atom. The molecule has 2 aromatic carbocycles. The molecule has 6 heterocycles. The van der Waals surface area contributed by atoms with Crippen LogP contribution in [0.25, 0.3) is 0 Å². The molecule has 0 spiro atoms. The van der Waals surface area contributed by atoms with Gasteiger partial charge in [-0.05, 0) is 173 Å². The van der Waals surface area contributed by atoms with E-state index in [0.29, 0.717) is 26.2 Å². The number of benzene rings is 2. The molecule has 4 aliphatic rings. The number of halogens is 4. The van der Waals surface area contributed by atoms with E-state index in [1.54, 1.807) is 18.5 Å². The first-order valence-electron chi connectivity index (χ1n) is 23.6. The number of rotatable bonds is 6. The quantitative estimate of drug-likeness (QED) is 0.120. The SMILES string of the molecule is CC(C)(C(=O)N1CCN(C2c3ccc(Cl)cc3CCc3cc(Br)cnc32)CC1)c1ccc[n+]([O-])c1.CC(C)(C(=O)N1CCN(C2c3ccc(Cl)cc3CCc3cc(Br)cnc32)CC1)c1cccnc1. The number of piperazine rings is 2. The fourth-order valence-electron chi connectivity index (χ4n) is 10.5. The van der Waals surface area contributed by atoms with E-state index in [9.17, 15) is 14.8 Å². The van der Waals surface area contributed by atoms with Gasteiger partial charge in [0.25, 0.3) is 0 Å². The van der Waals surface area contributed by atoms with Crippen LogP contribution in [0.15, 0.2) is 119 Å². The molecule has 10 rings (SSSR count). The highest BCUT2D eigenvalue weighted by Crippen LogP contribution is 2.40. The van der Waals surface area contributed by atoms with Crippen molar-refractivity contribution in [3.8, 4) is 0 Å². The molecule has 6 aromatic rings. The number of carbonyl (C=O) groups is 2. The number of hydrogen-bond acceptors (Lipinski definition) is 8. The zero-order valence-corrected chi connectivity index (χ0v) is 44.0. The molecule has 15 heteroatoms. The van der Waals surface area contributed by atoms with Gasteiger partial charge in [-0.3, -0.25) is 34.3 Å². The fourth-order valence-corrected chi connectivity index (χ4v) is 11.7. The van der Waals surface area contributed by atoms with Gasteiger partial charge < -0.3 is 15.0 Å². The van der Waals surface area contributed by atoms with Crippen LogP contribution in [0.2, 0.25) is 10.0 Å². The first-order chi connectivity index (χ1) is 33.1. The van der Waals surface area contributed by atoms with Gasteiger partial charge in [0.2, 0.25) is 11.8 Å². The van der Waals surface area contributed by atoms with Crippen molar-refractivity contribution in [2.24, 2.45) is 0 Å². The lowest BCUT2D eigenvalue weighted by Crippen LogP contribution is -2.54. The van der Waals surface area contributed by atoms with Gasteiger partial charge in [0.05, 0.1) is 34.3 Å². The average Bonchev–Trinajstić information content (AvgIpc) is 3.61. The van der Waals surface area contributed by atoms with E-state index in [0.717, 1.165) is 98.1 Å². The standard InChI is InChI=1S/C27H28BrClN4O2.C27H28BrClN4O/c1-27(2,20-4-3-9-33(35)17-20)26(34)32-12-10-31(11-13-32)25-23-8-7-22(29)15-18(23)5-6-19-14-21(28)16-30-24(19)25;1-27(2,20-4-3-9-30-16-20)26(34)33-12-10-32(11-13-33)25-23-8-7-22(29)15-18(23)5-6-19-14-21(28)17-31-24(19)25/h3-4,7-9,14-17,25H,5-6,10-13H2,1-2H3;3-4,7-9,14-17,25H,5-6,10-13H2,1-2H3. The number of carbonyl (C=O) groups excluding carboxylic acids is 2. The number of nitrogens with zero attached hydrogens (tertiary/aromatic N) is 8. The molecule has 2 unspecified atom stereocenters. The number of pyridine rings is 4. The maximum absolute atomic E-state index is 13.5. The van der Waals surface area contributed by atoms with Crippen molar-refractivity contribution in [2.75, 3.05) is 52.4 Å². The molecule has 2 atom stereocenters. The summed E-state index contributed by atoms with van der Waals surface area (Å²) in [6.07, 6.45) is 13.9. The van der Waals surface area contributed by atoms with Crippen molar-refractivity contribution in [2.45, 2.75) is 76.3 Å². The van der Waals surface area contributed by atoms with E-state index in [1.165, 1.54) is 45.8 Å². The third-order valence-electron chi connectivity index (χ3n) is 14.5. The van der Waals surface area contributed by atoms with Crippen molar-refractivity contribution >= 4 is 66.9 Å². The molecule has 69 heavy (non-hydrogen) atoms. The van der Waals surface area contributed by atoms with E-state index in [-0.39, 0.29) is 23.9 Å². The number of fused-ring (bicyclic) bond motifs is 4. The minimum absolute atomic E-state index is 0.0201. The Labute approximate surface area is 431 Å². The molecule has 0 bridgehead atoms. The topological polar surface area (TPSA) is 113 Å². The van der Waals surface area contributed by atoms with Gasteiger partial charge in [0.15, 0.2) is 12.4 Å². The van der Waals surface area contributed by atoms with Gasteiger partial charge >= 0.3 is 0 Å². The molecule has 0 saturated carbocycles. The maximum atomic E-state index is 13.5. The molecule has 2 aliphatic carbocycles. The molecule has 2 amide bonds. The summed E-state index contributed by atoms with van der Waals surface area (Å²) < 4.78 is 2.74. The van der Waals surface area contributed by atoms with Gasteiger partial charge in [0, 0.05) is 108 Å². The van der Waals surface area contributed by atoms with Crippen LogP contribution in [0, 0.1) is 5.21 Å². The molecule has 11 nitrogen and oxygen atoms in total. The second-order valence-corrected chi connectivity index (χ2v) is 22.2. The number of aryl methyl sites for hydroxylation is 4. The Balaban J connectivity index is 0.000000172. The van der Waals surface area contributed by atoms with Crippen LogP contribution in [-0.4, -0.2) is 98.7 Å². The molecule has 2 saturated heterocycles. The Hall–Kier alpha value is -4.76. The maximum Gasteiger partial charge on any atom is 0.232 e. The monoisotopic (exact) mass is 1090 g/mol. The molecule has 358 valence electrons. The van der Waals surface area contributed by atoms with Crippen molar-refractivity contribution in [3.63, 3.8) is 0 Å². The molecular formula is C54H56Br2Cl2N8O3. The number of aromatic nitrogens is 4. The lowest BCUT2D eigenvalue weighted by Gasteiger charge is -2.42. The Morgan fingerprint density at radius 2 is 1.06 bits per heavy atom. The minimum Gasteiger partial charge on any atom is -0.619 e. The van der Waals surface area contributed by atoms with Gasteiger partial charge in [-0.2, -0.15) is 4.73 Å². The highest BCUT2D eigenvalue weighted by atomic mass is 79.9. The fraction of sp³-hybridized carbons (Fsp3) is 0.370. The van der Waals surface area contributed by atoms with E-state index >= 15 is 0 Å². The Bertz CT molecular complexity index is 2760. The second-order valence-electron chi connectivity index (χ2n) is 19.5. The molecule has 2 aliphatic heterocycles. The Morgan fingerprint density at radius 3 is 1.51 bits per heavy atom. The van der Waals surface area contributed by atoms with E-state index in [2.05, 4.69) is 83.0 Å². The molecular weight excluding hydrogens is 1040 g/mol. The number of hydrogen-bond donors (Lipinski definition) is 0. The van der Waals surface area contributed by atoms with Gasteiger partial charge in [-0.1, -0.05) is 41.4 Å². The molecule has 4 aromatic heterocycles. The smallest absolute Gasteiger partial charge is 0.232 e. The zero-order chi connectivity index (χ0) is 48.6. The zero-order valence-electron chi connectivity index (χ0n) is 39.3. The van der Waals surface area contributed by atoms with E-state index in [4.69, 9.17) is 33.2 Å². The van der Waals surface area contributed by atoms with Crippen molar-refractivity contribution in [1.29, 1.82) is 0 Å². The van der Waals surface area contributed by atoms with Crippen LogP contribution in [0.5, 0.6) is 0 Å². The van der Waals surface area contributed by atoms with Crippen LogP contribution in [0.4, 0.5) is 0 Å². The summed E-state index contributed by atoms with van der Waals surface area (Å²) in [4.78, 5) is 49.8. The third-order valence-corrected chi connectivity index (χ3v) is 15.8. The first kappa shape index (κ1) is 49.2. The summed E-state index contributed by atoms with van der Waals surface area (Å²) in [5, 5.41) is 13.3. The largest absolute Gasteiger partial charge is 0.619 e. The minimum atomic E-state index is -0.776. The lowest BCUT2D eigenvalue weighted by molar-refractivity contribution is -0.606. The van der Waals surface area contributed by atoms with Crippen molar-refractivity contribution < 1.29 is 14.3 Å². The van der Waals surface area contributed by atoms with Crippen LogP contribution in [0.3, 0.4) is 0 Å².